The number of carbonyl (C=O) groups is 1. The summed E-state index contributed by atoms with van der Waals surface area (Å²) in [5.41, 5.74) is -0.392. The lowest BCUT2D eigenvalue weighted by atomic mass is 10.4. The van der Waals surface area contributed by atoms with Crippen LogP contribution in [0.4, 0.5) is 0 Å². The summed E-state index contributed by atoms with van der Waals surface area (Å²) in [6.07, 6.45) is 2.73. The summed E-state index contributed by atoms with van der Waals surface area (Å²) in [5.74, 6) is -0.784. The predicted octanol–water partition coefficient (Wildman–Crippen LogP) is -0.288. The maximum atomic E-state index is 11.4. The third-order valence-electron chi connectivity index (χ3n) is 1.61. The largest absolute Gasteiger partial charge is 0.416 e. The number of nitrogens with zero attached hydrogens (tertiary/aromatic N) is 2. The molecule has 0 amide bonds. The minimum atomic E-state index is -0.677. The fourth-order valence-electron chi connectivity index (χ4n) is 0.936. The zero-order chi connectivity index (χ0) is 10.7. The van der Waals surface area contributed by atoms with Gasteiger partial charge in [0.1, 0.15) is 5.69 Å². The summed E-state index contributed by atoms with van der Waals surface area (Å²) in [4.78, 5) is 22.5. The van der Waals surface area contributed by atoms with Crippen molar-refractivity contribution < 1.29 is 9.53 Å². The molecule has 2 rings (SSSR count). The van der Waals surface area contributed by atoms with Gasteiger partial charge in [-0.1, -0.05) is 0 Å². The van der Waals surface area contributed by atoms with E-state index in [1.807, 2.05) is 0 Å². The molecule has 0 saturated carbocycles. The first-order valence-electron chi connectivity index (χ1n) is 4.02. The Morgan fingerprint density at radius 1 is 1.20 bits per heavy atom. The first-order valence-corrected chi connectivity index (χ1v) is 4.02. The second-order valence-corrected chi connectivity index (χ2v) is 2.61. The number of aromatic nitrogens is 4. The van der Waals surface area contributed by atoms with Gasteiger partial charge >= 0.3 is 11.5 Å². The molecule has 0 fully saturated rings. The van der Waals surface area contributed by atoms with E-state index in [1.165, 1.54) is 24.5 Å². The smallest absolute Gasteiger partial charge is 0.361 e. The summed E-state index contributed by atoms with van der Waals surface area (Å²) in [7, 11) is 0. The van der Waals surface area contributed by atoms with Gasteiger partial charge in [0.25, 0.3) is 0 Å². The van der Waals surface area contributed by atoms with Gasteiger partial charge in [-0.2, -0.15) is 10.2 Å². The lowest BCUT2D eigenvalue weighted by molar-refractivity contribution is 0.0725. The van der Waals surface area contributed by atoms with Gasteiger partial charge in [0, 0.05) is 12.3 Å². The Morgan fingerprint density at radius 2 is 1.93 bits per heavy atom. The zero-order valence-corrected chi connectivity index (χ0v) is 7.43. The van der Waals surface area contributed by atoms with Crippen LogP contribution in [0.5, 0.6) is 5.75 Å². The quantitative estimate of drug-likeness (QED) is 0.657. The van der Waals surface area contributed by atoms with Crippen LogP contribution in [0.25, 0.3) is 0 Å². The molecule has 0 bridgehead atoms. The molecular formula is C8H6N4O3. The van der Waals surface area contributed by atoms with E-state index in [4.69, 9.17) is 4.74 Å². The monoisotopic (exact) mass is 206 g/mol. The van der Waals surface area contributed by atoms with Crippen molar-refractivity contribution in [1.82, 2.24) is 20.4 Å². The Hall–Kier alpha value is -2.44. The fourth-order valence-corrected chi connectivity index (χ4v) is 0.936. The Labute approximate surface area is 83.1 Å². The van der Waals surface area contributed by atoms with E-state index < -0.39 is 11.5 Å². The van der Waals surface area contributed by atoms with Crippen LogP contribution in [-0.2, 0) is 0 Å². The molecule has 0 aromatic carbocycles. The lowest BCUT2D eigenvalue weighted by Gasteiger charge is -1.99. The Balaban J connectivity index is 2.20. The van der Waals surface area contributed by atoms with Crippen LogP contribution in [0.2, 0.25) is 0 Å². The standard InChI is InChI=1S/C8H6N4O3/c13-7-6(2-4-10-12-7)15-8(14)5-1-3-9-11-5/h1-4H,(H,9,11)(H,12,13). The van der Waals surface area contributed by atoms with Gasteiger partial charge in [-0.3, -0.25) is 9.89 Å². The van der Waals surface area contributed by atoms with E-state index in [9.17, 15) is 9.59 Å². The third kappa shape index (κ3) is 1.90. The topological polar surface area (TPSA) is 101 Å². The number of H-pyrrole nitrogens is 2. The van der Waals surface area contributed by atoms with Crippen molar-refractivity contribution in [1.29, 1.82) is 0 Å². The van der Waals surface area contributed by atoms with E-state index >= 15 is 0 Å². The van der Waals surface area contributed by atoms with E-state index in [0.717, 1.165) is 0 Å². The van der Waals surface area contributed by atoms with Crippen molar-refractivity contribution in [2.75, 3.05) is 0 Å². The summed E-state index contributed by atoms with van der Waals surface area (Å²) in [5, 5.41) is 11.6. The molecule has 0 saturated heterocycles. The van der Waals surface area contributed by atoms with Gasteiger partial charge in [-0.05, 0) is 6.07 Å². The number of carbonyl (C=O) groups excluding carboxylic acids is 1. The molecule has 0 aliphatic rings. The molecule has 2 N–H and O–H groups in total. The zero-order valence-electron chi connectivity index (χ0n) is 7.43. The van der Waals surface area contributed by atoms with Gasteiger partial charge in [-0.15, -0.1) is 0 Å². The van der Waals surface area contributed by atoms with Crippen LogP contribution in [-0.4, -0.2) is 26.4 Å². The van der Waals surface area contributed by atoms with Crippen molar-refractivity contribution in [3.05, 3.63) is 40.6 Å². The molecule has 7 nitrogen and oxygen atoms in total. The summed E-state index contributed by atoms with van der Waals surface area (Å²) in [6.45, 7) is 0. The van der Waals surface area contributed by atoms with Crippen LogP contribution in [0.3, 0.4) is 0 Å². The highest BCUT2D eigenvalue weighted by atomic mass is 16.5. The number of hydrogen-bond acceptors (Lipinski definition) is 5. The molecule has 0 radical (unpaired) electrons. The molecule has 0 aliphatic heterocycles. The molecule has 2 aromatic heterocycles. The lowest BCUT2D eigenvalue weighted by Crippen LogP contribution is -2.17. The number of hydrogen-bond donors (Lipinski definition) is 2. The molecule has 2 aromatic rings. The number of rotatable bonds is 2. The number of nitrogens with one attached hydrogen (secondary N) is 2. The Kier molecular flexibility index (Phi) is 2.28. The van der Waals surface area contributed by atoms with E-state index in [2.05, 4.69) is 20.4 Å². The number of aromatic amines is 2. The molecule has 0 unspecified atom stereocenters. The average Bonchev–Trinajstić information content (AvgIpc) is 2.74. The predicted molar refractivity (Wildman–Crippen MR) is 48.4 cm³/mol. The molecule has 7 heteroatoms. The van der Waals surface area contributed by atoms with Crippen LogP contribution < -0.4 is 10.3 Å². The van der Waals surface area contributed by atoms with Crippen molar-refractivity contribution in [2.45, 2.75) is 0 Å². The van der Waals surface area contributed by atoms with Gasteiger partial charge in [0.2, 0.25) is 0 Å². The van der Waals surface area contributed by atoms with E-state index in [0.29, 0.717) is 0 Å². The highest BCUT2D eigenvalue weighted by molar-refractivity contribution is 5.88. The summed E-state index contributed by atoms with van der Waals surface area (Å²) < 4.78 is 4.80. The van der Waals surface area contributed by atoms with Gasteiger partial charge < -0.3 is 4.74 Å². The Morgan fingerprint density at radius 3 is 2.60 bits per heavy atom. The van der Waals surface area contributed by atoms with Crippen molar-refractivity contribution in [2.24, 2.45) is 0 Å². The first-order chi connectivity index (χ1) is 7.27. The molecular weight excluding hydrogens is 200 g/mol. The average molecular weight is 206 g/mol. The maximum absolute atomic E-state index is 11.4. The normalized spacial score (nSPS) is 9.87. The number of ether oxygens (including phenoxy) is 1. The van der Waals surface area contributed by atoms with E-state index in [1.54, 1.807) is 0 Å². The molecule has 0 aliphatic carbocycles. The SMILES string of the molecule is O=C(Oc1ccn[nH]c1=O)c1ccn[nH]1. The highest BCUT2D eigenvalue weighted by Crippen LogP contribution is 2.02. The van der Waals surface area contributed by atoms with Crippen LogP contribution in [0, 0.1) is 0 Å². The Bertz CT molecular complexity index is 517. The maximum Gasteiger partial charge on any atom is 0.361 e. The second kappa shape index (κ2) is 3.74. The molecule has 76 valence electrons. The van der Waals surface area contributed by atoms with Gasteiger partial charge in [-0.25, -0.2) is 9.89 Å². The van der Waals surface area contributed by atoms with Crippen molar-refractivity contribution >= 4 is 5.97 Å². The minimum Gasteiger partial charge on any atom is -0.416 e. The van der Waals surface area contributed by atoms with Crippen LogP contribution >= 0.6 is 0 Å². The van der Waals surface area contributed by atoms with Crippen molar-refractivity contribution in [3.63, 3.8) is 0 Å². The van der Waals surface area contributed by atoms with Crippen LogP contribution in [0.15, 0.2) is 29.3 Å². The van der Waals surface area contributed by atoms with E-state index in [-0.39, 0.29) is 11.4 Å². The molecule has 2 heterocycles. The first kappa shape index (κ1) is 9.13. The van der Waals surface area contributed by atoms with Gasteiger partial charge in [0.05, 0.1) is 6.20 Å². The molecule has 15 heavy (non-hydrogen) atoms. The highest BCUT2D eigenvalue weighted by Gasteiger charge is 2.11. The summed E-state index contributed by atoms with van der Waals surface area (Å²) >= 11 is 0. The van der Waals surface area contributed by atoms with Gasteiger partial charge in [0.15, 0.2) is 5.75 Å². The third-order valence-corrected chi connectivity index (χ3v) is 1.61. The molecule has 0 atom stereocenters. The summed E-state index contributed by atoms with van der Waals surface area (Å²) in [6, 6.07) is 2.74. The minimum absolute atomic E-state index is 0.107. The molecule has 0 spiro atoms. The van der Waals surface area contributed by atoms with Crippen molar-refractivity contribution in [3.8, 4) is 5.75 Å². The fraction of sp³-hybridized carbons (Fsp3) is 0. The second-order valence-electron chi connectivity index (χ2n) is 2.61. The number of esters is 1. The van der Waals surface area contributed by atoms with Crippen LogP contribution in [0.1, 0.15) is 10.5 Å².